The monoisotopic (exact) mass is 689 g/mol. The highest BCUT2D eigenvalue weighted by Gasteiger charge is 2.44. The fraction of sp³-hybridized carbons (Fsp3) is 0.974. The van der Waals surface area contributed by atoms with Crippen molar-refractivity contribution < 1.29 is 44.2 Å². The molecule has 0 spiro atoms. The van der Waals surface area contributed by atoms with Crippen molar-refractivity contribution in [3.05, 3.63) is 0 Å². The zero-order valence-corrected chi connectivity index (χ0v) is 31.0. The number of hydrogen-bond acceptors (Lipinski definition) is 9. The van der Waals surface area contributed by atoms with E-state index < -0.39 is 43.4 Å². The van der Waals surface area contributed by atoms with Crippen LogP contribution in [0.15, 0.2) is 0 Å². The molecule has 0 bridgehead atoms. The van der Waals surface area contributed by atoms with Gasteiger partial charge in [-0.25, -0.2) is 0 Å². The Labute approximate surface area is 293 Å². The van der Waals surface area contributed by atoms with E-state index in [1.807, 2.05) is 0 Å². The van der Waals surface area contributed by atoms with Gasteiger partial charge >= 0.3 is 5.97 Å². The molecule has 0 aromatic heterocycles. The number of aliphatic hydroxyl groups excluding tert-OH is 4. The van der Waals surface area contributed by atoms with E-state index in [-0.39, 0.29) is 19.2 Å². The molecule has 0 amide bonds. The van der Waals surface area contributed by atoms with Crippen molar-refractivity contribution in [1.29, 1.82) is 0 Å². The SMILES string of the molecule is CCCCCCCCCCCCCCCCCCCC(=O)OC(COCCCCCCCCCC)COC1OC(CO)C(O)C(O)C1O. The van der Waals surface area contributed by atoms with Gasteiger partial charge in [0.25, 0.3) is 0 Å². The summed E-state index contributed by atoms with van der Waals surface area (Å²) < 4.78 is 22.7. The van der Waals surface area contributed by atoms with Crippen LogP contribution in [0.25, 0.3) is 0 Å². The van der Waals surface area contributed by atoms with Gasteiger partial charge in [-0.15, -0.1) is 0 Å². The molecule has 6 atom stereocenters. The second kappa shape index (κ2) is 32.1. The van der Waals surface area contributed by atoms with E-state index in [1.165, 1.54) is 128 Å². The number of unbranched alkanes of at least 4 members (excludes halogenated alkanes) is 23. The average molecular weight is 689 g/mol. The molecule has 48 heavy (non-hydrogen) atoms. The van der Waals surface area contributed by atoms with Crippen molar-refractivity contribution in [3.63, 3.8) is 0 Å². The van der Waals surface area contributed by atoms with Gasteiger partial charge in [0.05, 0.1) is 19.8 Å². The van der Waals surface area contributed by atoms with Gasteiger partial charge in [0, 0.05) is 13.0 Å². The zero-order chi connectivity index (χ0) is 35.1. The molecule has 1 heterocycles. The third-order valence-electron chi connectivity index (χ3n) is 9.52. The Kier molecular flexibility index (Phi) is 30.3. The van der Waals surface area contributed by atoms with E-state index >= 15 is 0 Å². The van der Waals surface area contributed by atoms with Crippen LogP contribution in [0.2, 0.25) is 0 Å². The minimum absolute atomic E-state index is 0.106. The van der Waals surface area contributed by atoms with E-state index in [1.54, 1.807) is 0 Å². The van der Waals surface area contributed by atoms with E-state index in [0.717, 1.165) is 32.1 Å². The van der Waals surface area contributed by atoms with E-state index in [0.29, 0.717) is 13.0 Å². The maximum atomic E-state index is 12.7. The average Bonchev–Trinajstić information content (AvgIpc) is 3.08. The second-order valence-corrected chi connectivity index (χ2v) is 14.1. The summed E-state index contributed by atoms with van der Waals surface area (Å²) in [5.74, 6) is -0.311. The molecule has 286 valence electrons. The molecule has 4 N–H and O–H groups in total. The van der Waals surface area contributed by atoms with Gasteiger partial charge in [-0.05, 0) is 12.8 Å². The molecule has 0 aliphatic carbocycles. The number of carbonyl (C=O) groups excluding carboxylic acids is 1. The molecule has 1 aliphatic rings. The molecule has 0 radical (unpaired) electrons. The van der Waals surface area contributed by atoms with Crippen LogP contribution in [0, 0.1) is 0 Å². The summed E-state index contributed by atoms with van der Waals surface area (Å²) in [7, 11) is 0. The summed E-state index contributed by atoms with van der Waals surface area (Å²) in [5, 5.41) is 39.9. The van der Waals surface area contributed by atoms with Crippen molar-refractivity contribution in [1.82, 2.24) is 0 Å². The Morgan fingerprint density at radius 3 is 1.48 bits per heavy atom. The summed E-state index contributed by atoms with van der Waals surface area (Å²) in [6, 6.07) is 0. The van der Waals surface area contributed by atoms with Gasteiger partial charge < -0.3 is 39.4 Å². The van der Waals surface area contributed by atoms with Crippen molar-refractivity contribution in [2.45, 2.75) is 218 Å². The van der Waals surface area contributed by atoms with Crippen LogP contribution in [0.3, 0.4) is 0 Å². The maximum Gasteiger partial charge on any atom is 0.306 e. The molecule has 1 saturated heterocycles. The first kappa shape index (κ1) is 45.2. The van der Waals surface area contributed by atoms with Gasteiger partial charge in [0.2, 0.25) is 0 Å². The second-order valence-electron chi connectivity index (χ2n) is 14.1. The lowest BCUT2D eigenvalue weighted by atomic mass is 9.99. The summed E-state index contributed by atoms with van der Waals surface area (Å²) in [5.41, 5.74) is 0. The summed E-state index contributed by atoms with van der Waals surface area (Å²) in [4.78, 5) is 12.7. The fourth-order valence-electron chi connectivity index (χ4n) is 6.32. The third-order valence-corrected chi connectivity index (χ3v) is 9.52. The normalized spacial score (nSPS) is 21.8. The lowest BCUT2D eigenvalue weighted by Crippen LogP contribution is -2.59. The van der Waals surface area contributed by atoms with Crippen LogP contribution in [0.4, 0.5) is 0 Å². The smallest absolute Gasteiger partial charge is 0.306 e. The molecule has 0 aromatic rings. The summed E-state index contributed by atoms with van der Waals surface area (Å²) >= 11 is 0. The Balaban J connectivity index is 2.25. The lowest BCUT2D eigenvalue weighted by Gasteiger charge is -2.39. The molecular formula is C39H76O9. The van der Waals surface area contributed by atoms with Crippen LogP contribution in [-0.4, -0.2) is 89.6 Å². The Bertz CT molecular complexity index is 707. The van der Waals surface area contributed by atoms with E-state index in [4.69, 9.17) is 18.9 Å². The number of rotatable bonds is 34. The Morgan fingerprint density at radius 1 is 0.583 bits per heavy atom. The highest BCUT2D eigenvalue weighted by atomic mass is 16.7. The van der Waals surface area contributed by atoms with Crippen molar-refractivity contribution >= 4 is 5.97 Å². The summed E-state index contributed by atoms with van der Waals surface area (Å²) in [6.07, 6.45) is 24.2. The van der Waals surface area contributed by atoms with Gasteiger partial charge in [0.15, 0.2) is 6.29 Å². The Hall–Kier alpha value is -0.810. The number of aliphatic hydroxyl groups is 4. The highest BCUT2D eigenvalue weighted by molar-refractivity contribution is 5.69. The maximum absolute atomic E-state index is 12.7. The predicted molar refractivity (Wildman–Crippen MR) is 192 cm³/mol. The molecule has 1 rings (SSSR count). The van der Waals surface area contributed by atoms with Gasteiger partial charge in [-0.1, -0.05) is 162 Å². The van der Waals surface area contributed by atoms with Crippen LogP contribution >= 0.6 is 0 Å². The number of esters is 1. The molecule has 1 fully saturated rings. The molecule has 0 aromatic carbocycles. The first-order valence-electron chi connectivity index (χ1n) is 20.1. The van der Waals surface area contributed by atoms with Crippen molar-refractivity contribution in [2.75, 3.05) is 26.4 Å². The number of hydrogen-bond donors (Lipinski definition) is 4. The largest absolute Gasteiger partial charge is 0.457 e. The predicted octanol–water partition coefficient (Wildman–Crippen LogP) is 7.91. The van der Waals surface area contributed by atoms with E-state index in [9.17, 15) is 25.2 Å². The quantitative estimate of drug-likeness (QED) is 0.0393. The lowest BCUT2D eigenvalue weighted by molar-refractivity contribution is -0.305. The van der Waals surface area contributed by atoms with Crippen molar-refractivity contribution in [3.8, 4) is 0 Å². The van der Waals surface area contributed by atoms with Gasteiger partial charge in [-0.3, -0.25) is 4.79 Å². The van der Waals surface area contributed by atoms with Gasteiger partial charge in [-0.2, -0.15) is 0 Å². The number of ether oxygens (including phenoxy) is 4. The highest BCUT2D eigenvalue weighted by Crippen LogP contribution is 2.22. The molecule has 9 heteroatoms. The molecule has 0 saturated carbocycles. The van der Waals surface area contributed by atoms with Crippen LogP contribution < -0.4 is 0 Å². The summed E-state index contributed by atoms with van der Waals surface area (Å²) in [6.45, 7) is 4.56. The van der Waals surface area contributed by atoms with Crippen LogP contribution in [0.1, 0.15) is 181 Å². The first-order chi connectivity index (χ1) is 23.4. The molecular weight excluding hydrogens is 612 g/mol. The van der Waals surface area contributed by atoms with Gasteiger partial charge in [0.1, 0.15) is 30.5 Å². The van der Waals surface area contributed by atoms with Crippen LogP contribution in [0.5, 0.6) is 0 Å². The van der Waals surface area contributed by atoms with Crippen molar-refractivity contribution in [2.24, 2.45) is 0 Å². The van der Waals surface area contributed by atoms with E-state index in [2.05, 4.69) is 13.8 Å². The fourth-order valence-corrected chi connectivity index (χ4v) is 6.32. The third kappa shape index (κ3) is 23.6. The molecule has 6 unspecified atom stereocenters. The standard InChI is InChI=1S/C39H76O9/c1-3-5-7-9-11-13-14-15-16-17-18-19-20-21-22-24-26-28-35(41)47-33(31-45-29-27-25-23-12-10-8-6-4-2)32-46-39-38(44)37(43)36(42)34(30-40)48-39/h33-34,36-40,42-44H,3-32H2,1-2H3. The topological polar surface area (TPSA) is 135 Å². The minimum atomic E-state index is -1.53. The Morgan fingerprint density at radius 2 is 1.02 bits per heavy atom. The molecule has 1 aliphatic heterocycles. The number of carbonyl (C=O) groups is 1. The first-order valence-corrected chi connectivity index (χ1v) is 20.1. The molecule has 9 nitrogen and oxygen atoms in total. The zero-order valence-electron chi connectivity index (χ0n) is 31.0. The van der Waals surface area contributed by atoms with Crippen LogP contribution in [-0.2, 0) is 23.7 Å². The minimum Gasteiger partial charge on any atom is -0.457 e.